The van der Waals surface area contributed by atoms with E-state index in [1.54, 1.807) is 0 Å². The van der Waals surface area contributed by atoms with Crippen LogP contribution in [-0.4, -0.2) is 0 Å². The Morgan fingerprint density at radius 1 is 0.500 bits per heavy atom. The molecule has 0 saturated carbocycles. The fourth-order valence-corrected chi connectivity index (χ4v) is 3.73. The second-order valence-electron chi connectivity index (χ2n) is 7.15. The van der Waals surface area contributed by atoms with Gasteiger partial charge in [-0.25, -0.2) is 0 Å². The van der Waals surface area contributed by atoms with Gasteiger partial charge < -0.3 is 8.83 Å². The van der Waals surface area contributed by atoms with Gasteiger partial charge in [-0.2, -0.15) is 0 Å². The molecule has 0 bridgehead atoms. The molecular weight excluding hydrogens is 344 g/mol. The summed E-state index contributed by atoms with van der Waals surface area (Å²) in [5, 5.41) is 4.82. The number of hydrogen-bond donors (Lipinski definition) is 0. The van der Waals surface area contributed by atoms with Crippen LogP contribution >= 0.6 is 0 Å². The molecule has 2 aromatic heterocycles. The fraction of sp³-hybridized carbons (Fsp3) is 0.0769. The first-order valence-corrected chi connectivity index (χ1v) is 9.45. The van der Waals surface area contributed by atoms with Crippen molar-refractivity contribution in [3.8, 4) is 0 Å². The highest BCUT2D eigenvalue weighted by atomic mass is 16.3. The second kappa shape index (κ2) is 6.58. The van der Waals surface area contributed by atoms with E-state index in [0.29, 0.717) is 0 Å². The summed E-state index contributed by atoms with van der Waals surface area (Å²) >= 11 is 0. The first-order valence-electron chi connectivity index (χ1n) is 9.45. The Morgan fingerprint density at radius 3 is 1.89 bits per heavy atom. The standard InChI is InChI=1S/2C13H10O/c1-9-5-4-7-11-10-6-2-3-8-12(10)14-13(9)11;1-9-6-7-13-11(8-9)10-4-2-3-5-12(10)14-13/h2*2-8H,1H3. The van der Waals surface area contributed by atoms with Crippen molar-refractivity contribution >= 4 is 43.9 Å². The van der Waals surface area contributed by atoms with Crippen LogP contribution in [0.5, 0.6) is 0 Å². The Hall–Kier alpha value is -3.52. The van der Waals surface area contributed by atoms with Crippen LogP contribution in [0, 0.1) is 13.8 Å². The summed E-state index contributed by atoms with van der Waals surface area (Å²) in [4.78, 5) is 0. The number of aryl methyl sites for hydroxylation is 2. The maximum absolute atomic E-state index is 5.78. The zero-order valence-corrected chi connectivity index (χ0v) is 15.9. The van der Waals surface area contributed by atoms with E-state index in [1.807, 2.05) is 42.5 Å². The average Bonchev–Trinajstić information content (AvgIpc) is 3.28. The molecule has 0 amide bonds. The summed E-state index contributed by atoms with van der Waals surface area (Å²) in [6, 6.07) is 28.8. The second-order valence-corrected chi connectivity index (χ2v) is 7.15. The van der Waals surface area contributed by atoms with Crippen molar-refractivity contribution < 1.29 is 8.83 Å². The van der Waals surface area contributed by atoms with Crippen LogP contribution in [0.25, 0.3) is 43.9 Å². The smallest absolute Gasteiger partial charge is 0.138 e. The van der Waals surface area contributed by atoms with E-state index in [-0.39, 0.29) is 0 Å². The topological polar surface area (TPSA) is 26.3 Å². The van der Waals surface area contributed by atoms with Crippen molar-refractivity contribution in [2.45, 2.75) is 13.8 Å². The normalized spacial score (nSPS) is 11.2. The molecule has 0 N–H and O–H groups in total. The summed E-state index contributed by atoms with van der Waals surface area (Å²) < 4.78 is 11.5. The number of furan rings is 2. The lowest BCUT2D eigenvalue weighted by molar-refractivity contribution is 0.666. The minimum atomic E-state index is 0.966. The number of para-hydroxylation sites is 3. The number of hydrogen-bond acceptors (Lipinski definition) is 2. The van der Waals surface area contributed by atoms with Crippen molar-refractivity contribution in [1.82, 2.24) is 0 Å². The highest BCUT2D eigenvalue weighted by Gasteiger charge is 2.06. The average molecular weight is 364 g/mol. The van der Waals surface area contributed by atoms with E-state index in [2.05, 4.69) is 56.3 Å². The molecule has 0 aliphatic rings. The molecule has 0 fully saturated rings. The number of rotatable bonds is 0. The van der Waals surface area contributed by atoms with Crippen molar-refractivity contribution in [2.24, 2.45) is 0 Å². The third-order valence-corrected chi connectivity index (χ3v) is 5.13. The summed E-state index contributed by atoms with van der Waals surface area (Å²) in [6.45, 7) is 4.17. The summed E-state index contributed by atoms with van der Waals surface area (Å²) in [5.41, 5.74) is 6.37. The van der Waals surface area contributed by atoms with E-state index < -0.39 is 0 Å². The molecule has 28 heavy (non-hydrogen) atoms. The third-order valence-electron chi connectivity index (χ3n) is 5.13. The van der Waals surface area contributed by atoms with Crippen LogP contribution in [0.1, 0.15) is 11.1 Å². The monoisotopic (exact) mass is 364 g/mol. The minimum Gasteiger partial charge on any atom is -0.456 e. The quantitative estimate of drug-likeness (QED) is 0.275. The first-order chi connectivity index (χ1) is 13.7. The van der Waals surface area contributed by atoms with Crippen LogP contribution in [0.4, 0.5) is 0 Å². The lowest BCUT2D eigenvalue weighted by Crippen LogP contribution is -1.70. The molecule has 6 aromatic rings. The Labute approximate surface area is 163 Å². The molecule has 6 rings (SSSR count). The van der Waals surface area contributed by atoms with Crippen molar-refractivity contribution in [1.29, 1.82) is 0 Å². The molecule has 2 nitrogen and oxygen atoms in total. The number of benzene rings is 4. The van der Waals surface area contributed by atoms with Gasteiger partial charge >= 0.3 is 0 Å². The van der Waals surface area contributed by atoms with Crippen molar-refractivity contribution in [3.63, 3.8) is 0 Å². The largest absolute Gasteiger partial charge is 0.456 e. The maximum atomic E-state index is 5.78. The Kier molecular flexibility index (Phi) is 3.91. The lowest BCUT2D eigenvalue weighted by atomic mass is 10.1. The highest BCUT2D eigenvalue weighted by molar-refractivity contribution is 6.06. The molecule has 0 spiro atoms. The van der Waals surface area contributed by atoms with Crippen molar-refractivity contribution in [3.05, 3.63) is 96.1 Å². The molecule has 0 aliphatic carbocycles. The Bertz CT molecular complexity index is 1420. The van der Waals surface area contributed by atoms with Gasteiger partial charge in [-0.1, -0.05) is 66.2 Å². The SMILES string of the molecule is Cc1ccc2oc3ccccc3c2c1.Cc1cccc2c1oc1ccccc12. The van der Waals surface area contributed by atoms with Gasteiger partial charge in [-0.15, -0.1) is 0 Å². The van der Waals surface area contributed by atoms with Crippen LogP contribution in [0.15, 0.2) is 93.8 Å². The molecule has 136 valence electrons. The molecule has 0 radical (unpaired) electrons. The van der Waals surface area contributed by atoms with E-state index in [1.165, 1.54) is 32.7 Å². The van der Waals surface area contributed by atoms with Crippen LogP contribution in [0.3, 0.4) is 0 Å². The third kappa shape index (κ3) is 2.74. The van der Waals surface area contributed by atoms with Gasteiger partial charge in [0.15, 0.2) is 0 Å². The van der Waals surface area contributed by atoms with Gasteiger partial charge in [0.2, 0.25) is 0 Å². The molecule has 4 aromatic carbocycles. The predicted molar refractivity (Wildman–Crippen MR) is 117 cm³/mol. The summed E-state index contributed by atoms with van der Waals surface area (Å²) in [5.74, 6) is 0. The zero-order valence-electron chi connectivity index (χ0n) is 15.9. The molecule has 2 heteroatoms. The van der Waals surface area contributed by atoms with Gasteiger partial charge in [-0.3, -0.25) is 0 Å². The minimum absolute atomic E-state index is 0.966. The Morgan fingerprint density at radius 2 is 1.11 bits per heavy atom. The van der Waals surface area contributed by atoms with Crippen LogP contribution in [-0.2, 0) is 0 Å². The zero-order chi connectivity index (χ0) is 19.1. The molecule has 2 heterocycles. The molecular formula is C26H20O2. The van der Waals surface area contributed by atoms with E-state index in [0.717, 1.165) is 22.3 Å². The van der Waals surface area contributed by atoms with Crippen LogP contribution in [0.2, 0.25) is 0 Å². The molecule has 0 unspecified atom stereocenters. The molecule has 0 atom stereocenters. The lowest BCUT2D eigenvalue weighted by Gasteiger charge is -1.91. The number of fused-ring (bicyclic) bond motifs is 6. The highest BCUT2D eigenvalue weighted by Crippen LogP contribution is 2.30. The molecule has 0 aliphatic heterocycles. The Balaban J connectivity index is 0.000000122. The van der Waals surface area contributed by atoms with Crippen molar-refractivity contribution in [2.75, 3.05) is 0 Å². The van der Waals surface area contributed by atoms with E-state index in [9.17, 15) is 0 Å². The van der Waals surface area contributed by atoms with Gasteiger partial charge in [-0.05, 0) is 43.7 Å². The maximum Gasteiger partial charge on any atom is 0.138 e. The van der Waals surface area contributed by atoms with Gasteiger partial charge in [0.25, 0.3) is 0 Å². The summed E-state index contributed by atoms with van der Waals surface area (Å²) in [7, 11) is 0. The van der Waals surface area contributed by atoms with Gasteiger partial charge in [0, 0.05) is 21.5 Å². The summed E-state index contributed by atoms with van der Waals surface area (Å²) in [6.07, 6.45) is 0. The van der Waals surface area contributed by atoms with E-state index in [4.69, 9.17) is 8.83 Å². The fourth-order valence-electron chi connectivity index (χ4n) is 3.73. The first kappa shape index (κ1) is 16.6. The molecule has 0 saturated heterocycles. The van der Waals surface area contributed by atoms with Gasteiger partial charge in [0.05, 0.1) is 0 Å². The van der Waals surface area contributed by atoms with E-state index >= 15 is 0 Å². The predicted octanol–water partition coefficient (Wildman–Crippen LogP) is 7.79. The van der Waals surface area contributed by atoms with Crippen LogP contribution < -0.4 is 0 Å². The van der Waals surface area contributed by atoms with Gasteiger partial charge in [0.1, 0.15) is 22.3 Å².